The van der Waals surface area contributed by atoms with Gasteiger partial charge in [-0.3, -0.25) is 10.1 Å². The van der Waals surface area contributed by atoms with Gasteiger partial charge in [0.05, 0.1) is 17.1 Å². The summed E-state index contributed by atoms with van der Waals surface area (Å²) in [6.07, 6.45) is 1.59. The quantitative estimate of drug-likeness (QED) is 0.807. The molecule has 0 aliphatic rings. The lowest BCUT2D eigenvalue weighted by Crippen LogP contribution is -2.49. The zero-order valence-electron chi connectivity index (χ0n) is 15.2. The van der Waals surface area contributed by atoms with Crippen LogP contribution < -0.4 is 10.6 Å². The summed E-state index contributed by atoms with van der Waals surface area (Å²) in [7, 11) is 1.82. The van der Waals surface area contributed by atoms with Gasteiger partial charge in [0.15, 0.2) is 11.0 Å². The molecule has 0 aliphatic heterocycles. The Morgan fingerprint density at radius 3 is 2.56 bits per heavy atom. The maximum atomic E-state index is 12.2. The summed E-state index contributed by atoms with van der Waals surface area (Å²) in [5.41, 5.74) is 0.435. The normalized spacial score (nSPS) is 12.7. The standard InChI is InChI=1S/C16H23N5O3S/c1-9-11(7-8-24-9)12-19-20-15(21(12)6)25-10(2)13(22)17-14(23)18-16(3,4)5/h7-8,10H,1-6H3,(H2,17,18,22,23)/t10-/m0/s1. The third-order valence-electron chi connectivity index (χ3n) is 3.31. The Bertz CT molecular complexity index is 775. The summed E-state index contributed by atoms with van der Waals surface area (Å²) < 4.78 is 7.08. The number of rotatable bonds is 4. The van der Waals surface area contributed by atoms with Gasteiger partial charge in [-0.2, -0.15) is 0 Å². The Balaban J connectivity index is 2.02. The van der Waals surface area contributed by atoms with Gasteiger partial charge in [-0.05, 0) is 40.7 Å². The third kappa shape index (κ3) is 4.85. The van der Waals surface area contributed by atoms with Gasteiger partial charge in [0, 0.05) is 12.6 Å². The molecule has 136 valence electrons. The van der Waals surface area contributed by atoms with Crippen LogP contribution in [0.25, 0.3) is 11.4 Å². The van der Waals surface area contributed by atoms with E-state index in [9.17, 15) is 9.59 Å². The first-order valence-electron chi connectivity index (χ1n) is 7.82. The lowest BCUT2D eigenvalue weighted by Gasteiger charge is -2.21. The number of carbonyl (C=O) groups is 2. The van der Waals surface area contributed by atoms with Crippen LogP contribution in [-0.2, 0) is 11.8 Å². The van der Waals surface area contributed by atoms with E-state index < -0.39 is 22.7 Å². The van der Waals surface area contributed by atoms with E-state index in [1.807, 2.05) is 40.8 Å². The van der Waals surface area contributed by atoms with E-state index in [-0.39, 0.29) is 0 Å². The van der Waals surface area contributed by atoms with Gasteiger partial charge in [0.2, 0.25) is 5.91 Å². The molecule has 0 saturated carbocycles. The van der Waals surface area contributed by atoms with E-state index in [1.54, 1.807) is 17.8 Å². The molecule has 1 atom stereocenters. The Morgan fingerprint density at radius 1 is 1.32 bits per heavy atom. The molecule has 0 radical (unpaired) electrons. The molecular formula is C16H23N5O3S. The van der Waals surface area contributed by atoms with Crippen molar-refractivity contribution < 1.29 is 14.0 Å². The second kappa shape index (κ2) is 7.30. The average molecular weight is 365 g/mol. The molecule has 25 heavy (non-hydrogen) atoms. The van der Waals surface area contributed by atoms with Gasteiger partial charge in [-0.1, -0.05) is 11.8 Å². The predicted octanol–water partition coefficient (Wildman–Crippen LogP) is 2.49. The van der Waals surface area contributed by atoms with Gasteiger partial charge in [0.25, 0.3) is 0 Å². The molecule has 3 amide bonds. The molecule has 0 saturated heterocycles. The second-order valence-corrected chi connectivity index (χ2v) is 8.02. The van der Waals surface area contributed by atoms with Gasteiger partial charge < -0.3 is 14.3 Å². The first-order chi connectivity index (χ1) is 11.6. The minimum absolute atomic E-state index is 0.393. The van der Waals surface area contributed by atoms with E-state index in [0.29, 0.717) is 11.0 Å². The number of nitrogens with zero attached hydrogens (tertiary/aromatic N) is 3. The molecule has 0 aliphatic carbocycles. The zero-order valence-corrected chi connectivity index (χ0v) is 16.0. The molecule has 0 spiro atoms. The highest BCUT2D eigenvalue weighted by Crippen LogP contribution is 2.27. The summed E-state index contributed by atoms with van der Waals surface area (Å²) >= 11 is 1.23. The Labute approximate surface area is 150 Å². The molecular weight excluding hydrogens is 342 g/mol. The van der Waals surface area contributed by atoms with E-state index >= 15 is 0 Å². The van der Waals surface area contributed by atoms with Crippen molar-refractivity contribution >= 4 is 23.7 Å². The van der Waals surface area contributed by atoms with Gasteiger partial charge in [0.1, 0.15) is 5.76 Å². The molecule has 0 unspecified atom stereocenters. The molecule has 9 heteroatoms. The smallest absolute Gasteiger partial charge is 0.321 e. The summed E-state index contributed by atoms with van der Waals surface area (Å²) in [5.74, 6) is 1.01. The van der Waals surface area contributed by atoms with Crippen LogP contribution in [0.3, 0.4) is 0 Å². The summed E-state index contributed by atoms with van der Waals surface area (Å²) in [5, 5.41) is 13.4. The van der Waals surface area contributed by atoms with Crippen LogP contribution in [0.1, 0.15) is 33.5 Å². The first kappa shape index (κ1) is 19.0. The van der Waals surface area contributed by atoms with E-state index in [1.165, 1.54) is 11.8 Å². The monoisotopic (exact) mass is 365 g/mol. The number of hydrogen-bond donors (Lipinski definition) is 2. The van der Waals surface area contributed by atoms with Crippen LogP contribution in [0.4, 0.5) is 4.79 Å². The van der Waals surface area contributed by atoms with Crippen molar-refractivity contribution in [1.82, 2.24) is 25.4 Å². The first-order valence-corrected chi connectivity index (χ1v) is 8.70. The number of carbonyl (C=O) groups excluding carboxylic acids is 2. The van der Waals surface area contributed by atoms with Gasteiger partial charge in [-0.15, -0.1) is 10.2 Å². The molecule has 2 N–H and O–H groups in total. The Kier molecular flexibility index (Phi) is 5.56. The van der Waals surface area contributed by atoms with Crippen LogP contribution in [0.15, 0.2) is 21.9 Å². The van der Waals surface area contributed by atoms with Crippen molar-refractivity contribution in [3.8, 4) is 11.4 Å². The van der Waals surface area contributed by atoms with Crippen LogP contribution in [0.2, 0.25) is 0 Å². The largest absolute Gasteiger partial charge is 0.469 e. The average Bonchev–Trinajstić information content (AvgIpc) is 3.03. The number of imide groups is 1. The molecule has 0 fully saturated rings. The Morgan fingerprint density at radius 2 is 2.00 bits per heavy atom. The van der Waals surface area contributed by atoms with Crippen LogP contribution >= 0.6 is 11.8 Å². The highest BCUT2D eigenvalue weighted by atomic mass is 32.2. The van der Waals surface area contributed by atoms with Crippen molar-refractivity contribution in [2.75, 3.05) is 0 Å². The summed E-state index contributed by atoms with van der Waals surface area (Å²) in [6, 6.07) is 1.30. The van der Waals surface area contributed by atoms with E-state index in [4.69, 9.17) is 4.42 Å². The third-order valence-corrected chi connectivity index (χ3v) is 4.45. The van der Waals surface area contributed by atoms with Crippen molar-refractivity contribution in [2.24, 2.45) is 7.05 Å². The fourth-order valence-electron chi connectivity index (χ4n) is 2.07. The number of urea groups is 1. The number of nitrogens with one attached hydrogen (secondary N) is 2. The molecule has 0 aromatic carbocycles. The van der Waals surface area contributed by atoms with E-state index in [0.717, 1.165) is 11.3 Å². The summed E-state index contributed by atoms with van der Waals surface area (Å²) in [6.45, 7) is 9.08. The van der Waals surface area contributed by atoms with Crippen LogP contribution in [-0.4, -0.2) is 37.5 Å². The molecule has 2 heterocycles. The number of thioether (sulfide) groups is 1. The number of aromatic nitrogens is 3. The topological polar surface area (TPSA) is 102 Å². The van der Waals surface area contributed by atoms with Crippen molar-refractivity contribution in [2.45, 2.75) is 50.6 Å². The fraction of sp³-hybridized carbons (Fsp3) is 0.500. The van der Waals surface area contributed by atoms with E-state index in [2.05, 4.69) is 20.8 Å². The zero-order chi connectivity index (χ0) is 18.8. The maximum absolute atomic E-state index is 12.2. The number of aryl methyl sites for hydroxylation is 1. The predicted molar refractivity (Wildman–Crippen MR) is 95.2 cm³/mol. The number of amides is 3. The summed E-state index contributed by atoms with van der Waals surface area (Å²) in [4.78, 5) is 24.0. The molecule has 8 nitrogen and oxygen atoms in total. The van der Waals surface area contributed by atoms with Crippen LogP contribution in [0.5, 0.6) is 0 Å². The molecule has 2 rings (SSSR count). The number of furan rings is 1. The minimum Gasteiger partial charge on any atom is -0.469 e. The van der Waals surface area contributed by atoms with Crippen molar-refractivity contribution in [3.63, 3.8) is 0 Å². The SMILES string of the molecule is Cc1occc1-c1nnc(S[C@@H](C)C(=O)NC(=O)NC(C)(C)C)n1C. The van der Waals surface area contributed by atoms with Crippen molar-refractivity contribution in [3.05, 3.63) is 18.1 Å². The molecule has 2 aromatic heterocycles. The highest BCUT2D eigenvalue weighted by molar-refractivity contribution is 8.00. The lowest BCUT2D eigenvalue weighted by atomic mass is 10.1. The fourth-order valence-corrected chi connectivity index (χ4v) is 2.88. The number of hydrogen-bond acceptors (Lipinski definition) is 6. The van der Waals surface area contributed by atoms with Gasteiger partial charge in [-0.25, -0.2) is 4.79 Å². The lowest BCUT2D eigenvalue weighted by molar-refractivity contribution is -0.119. The second-order valence-electron chi connectivity index (χ2n) is 6.71. The van der Waals surface area contributed by atoms with Gasteiger partial charge >= 0.3 is 6.03 Å². The Hall–Kier alpha value is -2.29. The molecule has 0 bridgehead atoms. The highest BCUT2D eigenvalue weighted by Gasteiger charge is 2.23. The molecule has 2 aromatic rings. The van der Waals surface area contributed by atoms with Crippen molar-refractivity contribution in [1.29, 1.82) is 0 Å². The maximum Gasteiger partial charge on any atom is 0.321 e. The minimum atomic E-state index is -0.516. The van der Waals surface area contributed by atoms with Crippen LogP contribution in [0, 0.1) is 6.92 Å².